The fourth-order valence-corrected chi connectivity index (χ4v) is 5.90. The third-order valence-electron chi connectivity index (χ3n) is 8.12. The first-order valence-electron chi connectivity index (χ1n) is 14.7. The van der Waals surface area contributed by atoms with Crippen molar-refractivity contribution in [2.45, 2.75) is 65.0 Å². The zero-order valence-electron chi connectivity index (χ0n) is 24.0. The number of fused-ring (bicyclic) bond motifs is 1. The maximum absolute atomic E-state index is 13.2. The van der Waals surface area contributed by atoms with Gasteiger partial charge in [0.05, 0.1) is 13.2 Å². The number of amides is 2. The van der Waals surface area contributed by atoms with Crippen molar-refractivity contribution in [1.29, 1.82) is 0 Å². The average molecular weight is 547 g/mol. The number of nitrogens with one attached hydrogen (secondary N) is 1. The average Bonchev–Trinajstić information content (AvgIpc) is 3.30. The van der Waals surface area contributed by atoms with Crippen LogP contribution in [0.15, 0.2) is 47.5 Å². The molecule has 1 saturated carbocycles. The van der Waals surface area contributed by atoms with Gasteiger partial charge >= 0.3 is 0 Å². The van der Waals surface area contributed by atoms with Gasteiger partial charge in [-0.15, -0.1) is 0 Å². The molecule has 3 aliphatic rings. The molecule has 0 bridgehead atoms. The SMILES string of the molecule is Cc1ccc(C(=O)N=C2Cc3ccc(OCCN4CCOCC4)cc3N2C2CCC(C(=O)NC(C)C)CC2)cc1. The molecule has 2 aromatic rings. The molecule has 0 unspecified atom stereocenters. The number of benzene rings is 2. The molecular weight excluding hydrogens is 504 g/mol. The number of amidine groups is 1. The van der Waals surface area contributed by atoms with Gasteiger partial charge in [0.25, 0.3) is 5.91 Å². The molecule has 0 spiro atoms. The Kier molecular flexibility index (Phi) is 9.17. The number of ether oxygens (including phenoxy) is 2. The third kappa shape index (κ3) is 6.91. The van der Waals surface area contributed by atoms with Crippen LogP contribution in [-0.2, 0) is 16.0 Å². The molecule has 1 saturated heterocycles. The molecule has 0 atom stereocenters. The van der Waals surface area contributed by atoms with E-state index in [2.05, 4.69) is 32.2 Å². The van der Waals surface area contributed by atoms with Gasteiger partial charge in [-0.05, 0) is 70.2 Å². The van der Waals surface area contributed by atoms with Gasteiger partial charge in [-0.3, -0.25) is 14.5 Å². The molecular formula is C32H42N4O4. The highest BCUT2D eigenvalue weighted by atomic mass is 16.5. The van der Waals surface area contributed by atoms with Crippen LogP contribution in [0.25, 0.3) is 0 Å². The van der Waals surface area contributed by atoms with E-state index in [1.807, 2.05) is 51.1 Å². The van der Waals surface area contributed by atoms with Gasteiger partial charge in [-0.25, -0.2) is 0 Å². The monoisotopic (exact) mass is 546 g/mol. The number of hydrogen-bond donors (Lipinski definition) is 1. The second-order valence-electron chi connectivity index (χ2n) is 11.5. The molecule has 2 heterocycles. The van der Waals surface area contributed by atoms with E-state index in [0.717, 1.165) is 86.9 Å². The minimum absolute atomic E-state index is 0.0326. The van der Waals surface area contributed by atoms with E-state index < -0.39 is 0 Å². The van der Waals surface area contributed by atoms with Crippen molar-refractivity contribution < 1.29 is 19.1 Å². The Morgan fingerprint density at radius 3 is 2.48 bits per heavy atom. The summed E-state index contributed by atoms with van der Waals surface area (Å²) < 4.78 is 11.6. The summed E-state index contributed by atoms with van der Waals surface area (Å²) in [6.07, 6.45) is 3.99. The highest BCUT2D eigenvalue weighted by molar-refractivity contribution is 6.12. The number of aryl methyl sites for hydroxylation is 1. The Labute approximate surface area is 237 Å². The van der Waals surface area contributed by atoms with Crippen LogP contribution in [0, 0.1) is 12.8 Å². The van der Waals surface area contributed by atoms with E-state index in [4.69, 9.17) is 9.47 Å². The Morgan fingerprint density at radius 1 is 1.05 bits per heavy atom. The Balaban J connectivity index is 1.34. The second-order valence-corrected chi connectivity index (χ2v) is 11.5. The third-order valence-corrected chi connectivity index (χ3v) is 8.12. The summed E-state index contributed by atoms with van der Waals surface area (Å²) in [5.41, 5.74) is 3.92. The van der Waals surface area contributed by atoms with Crippen molar-refractivity contribution in [2.75, 3.05) is 44.4 Å². The summed E-state index contributed by atoms with van der Waals surface area (Å²) in [4.78, 5) is 35.1. The highest BCUT2D eigenvalue weighted by Gasteiger charge is 2.36. The molecule has 5 rings (SSSR count). The number of nitrogens with zero attached hydrogens (tertiary/aromatic N) is 3. The molecule has 0 aromatic heterocycles. The van der Waals surface area contributed by atoms with Crippen molar-refractivity contribution >= 4 is 23.3 Å². The molecule has 1 aliphatic carbocycles. The summed E-state index contributed by atoms with van der Waals surface area (Å²) in [6.45, 7) is 10.9. The van der Waals surface area contributed by atoms with Gasteiger partial charge in [0, 0.05) is 61.4 Å². The van der Waals surface area contributed by atoms with E-state index in [1.54, 1.807) is 0 Å². The molecule has 2 fully saturated rings. The number of carbonyl (C=O) groups is 2. The number of aliphatic imine (C=N–C) groups is 1. The van der Waals surface area contributed by atoms with Crippen LogP contribution in [0.3, 0.4) is 0 Å². The van der Waals surface area contributed by atoms with Crippen molar-refractivity contribution in [3.63, 3.8) is 0 Å². The number of anilines is 1. The van der Waals surface area contributed by atoms with E-state index in [-0.39, 0.29) is 29.8 Å². The maximum Gasteiger partial charge on any atom is 0.278 e. The lowest BCUT2D eigenvalue weighted by molar-refractivity contribution is -0.126. The van der Waals surface area contributed by atoms with Gasteiger partial charge in [0.1, 0.15) is 18.2 Å². The standard InChI is InChI=1S/C32H42N4O4/c1-22(2)33-31(37)25-8-11-27(12-9-25)36-29-21-28(40-19-16-35-14-17-39-18-15-35)13-10-26(29)20-30(36)34-32(38)24-6-4-23(3)5-7-24/h4-7,10,13,21-22,25,27H,8-9,11-12,14-20H2,1-3H3,(H,33,37). The molecule has 214 valence electrons. The molecule has 2 aliphatic heterocycles. The molecule has 0 radical (unpaired) electrons. The van der Waals surface area contributed by atoms with Gasteiger partial charge < -0.3 is 19.7 Å². The quantitative estimate of drug-likeness (QED) is 0.529. The number of rotatable bonds is 8. The lowest BCUT2D eigenvalue weighted by atomic mass is 9.84. The zero-order valence-corrected chi connectivity index (χ0v) is 24.0. The van der Waals surface area contributed by atoms with Gasteiger partial charge in [-0.1, -0.05) is 23.8 Å². The number of carbonyl (C=O) groups excluding carboxylic acids is 2. The predicted molar refractivity (Wildman–Crippen MR) is 157 cm³/mol. The van der Waals surface area contributed by atoms with Crippen LogP contribution in [0.1, 0.15) is 61.0 Å². The van der Waals surface area contributed by atoms with Crippen LogP contribution in [0.2, 0.25) is 0 Å². The van der Waals surface area contributed by atoms with Crippen LogP contribution < -0.4 is 15.0 Å². The highest BCUT2D eigenvalue weighted by Crippen LogP contribution is 2.39. The minimum atomic E-state index is -0.222. The molecule has 2 aromatic carbocycles. The van der Waals surface area contributed by atoms with Crippen molar-refractivity contribution in [3.05, 3.63) is 59.2 Å². The van der Waals surface area contributed by atoms with Gasteiger partial charge in [0.2, 0.25) is 5.91 Å². The topological polar surface area (TPSA) is 83.5 Å². The van der Waals surface area contributed by atoms with Crippen LogP contribution in [0.4, 0.5) is 5.69 Å². The Hall–Kier alpha value is -3.23. The summed E-state index contributed by atoms with van der Waals surface area (Å²) in [5, 5.41) is 3.07. The van der Waals surface area contributed by atoms with Crippen molar-refractivity contribution in [1.82, 2.24) is 10.2 Å². The van der Waals surface area contributed by atoms with Gasteiger partial charge in [0.15, 0.2) is 0 Å². The van der Waals surface area contributed by atoms with Crippen LogP contribution in [0.5, 0.6) is 5.75 Å². The zero-order chi connectivity index (χ0) is 28.1. The van der Waals surface area contributed by atoms with Gasteiger partial charge in [-0.2, -0.15) is 4.99 Å². The summed E-state index contributed by atoms with van der Waals surface area (Å²) in [5.74, 6) is 1.56. The Bertz CT molecular complexity index is 1210. The minimum Gasteiger partial charge on any atom is -0.492 e. The summed E-state index contributed by atoms with van der Waals surface area (Å²) in [6, 6.07) is 14.1. The lowest BCUT2D eigenvalue weighted by Crippen LogP contribution is -2.44. The summed E-state index contributed by atoms with van der Waals surface area (Å²) in [7, 11) is 0. The first-order valence-corrected chi connectivity index (χ1v) is 14.7. The smallest absolute Gasteiger partial charge is 0.278 e. The number of morpholine rings is 1. The van der Waals surface area contributed by atoms with Crippen molar-refractivity contribution in [2.24, 2.45) is 10.9 Å². The molecule has 2 amide bonds. The maximum atomic E-state index is 13.2. The number of hydrogen-bond acceptors (Lipinski definition) is 5. The van der Waals surface area contributed by atoms with Crippen LogP contribution >= 0.6 is 0 Å². The second kappa shape index (κ2) is 13.0. The van der Waals surface area contributed by atoms with E-state index in [9.17, 15) is 9.59 Å². The molecule has 8 heteroatoms. The largest absolute Gasteiger partial charge is 0.492 e. The van der Waals surface area contributed by atoms with E-state index in [1.165, 1.54) is 0 Å². The summed E-state index contributed by atoms with van der Waals surface area (Å²) >= 11 is 0. The fraction of sp³-hybridized carbons (Fsp3) is 0.531. The first kappa shape index (κ1) is 28.3. The molecule has 40 heavy (non-hydrogen) atoms. The van der Waals surface area contributed by atoms with E-state index >= 15 is 0 Å². The predicted octanol–water partition coefficient (Wildman–Crippen LogP) is 4.39. The Morgan fingerprint density at radius 2 is 1.77 bits per heavy atom. The molecule has 8 nitrogen and oxygen atoms in total. The van der Waals surface area contributed by atoms with Crippen molar-refractivity contribution in [3.8, 4) is 5.75 Å². The van der Waals surface area contributed by atoms with Crippen LogP contribution in [-0.4, -0.2) is 74.1 Å². The van der Waals surface area contributed by atoms with E-state index in [0.29, 0.717) is 18.6 Å². The first-order chi connectivity index (χ1) is 19.4. The lowest BCUT2D eigenvalue weighted by Gasteiger charge is -2.36. The normalized spacial score (nSPS) is 22.4. The molecule has 1 N–H and O–H groups in total. The fourth-order valence-electron chi connectivity index (χ4n) is 5.90.